The molecule has 0 bridgehead atoms. The number of hydrogen-bond acceptors (Lipinski definition) is 2. The van der Waals surface area contributed by atoms with Crippen molar-refractivity contribution in [3.8, 4) is 5.69 Å². The molecule has 0 aliphatic heterocycles. The van der Waals surface area contributed by atoms with Gasteiger partial charge in [0.25, 0.3) is 0 Å². The van der Waals surface area contributed by atoms with E-state index in [0.29, 0.717) is 5.56 Å². The van der Waals surface area contributed by atoms with Crippen molar-refractivity contribution < 1.29 is 9.18 Å². The highest BCUT2D eigenvalue weighted by molar-refractivity contribution is 6.31. The first-order valence-corrected chi connectivity index (χ1v) is 8.58. The van der Waals surface area contributed by atoms with Gasteiger partial charge in [-0.05, 0) is 49.2 Å². The highest BCUT2D eigenvalue weighted by Gasteiger charge is 2.25. The van der Waals surface area contributed by atoms with E-state index in [1.165, 1.54) is 12.1 Å². The van der Waals surface area contributed by atoms with E-state index in [4.69, 9.17) is 11.6 Å². The zero-order chi connectivity index (χ0) is 18.7. The summed E-state index contributed by atoms with van der Waals surface area (Å²) in [7, 11) is 0. The fourth-order valence-electron chi connectivity index (χ4n) is 2.82. The number of hydrogen-bond donors (Lipinski definition) is 1. The van der Waals surface area contributed by atoms with E-state index in [1.807, 2.05) is 50.4 Å². The first kappa shape index (κ1) is 18.1. The van der Waals surface area contributed by atoms with E-state index >= 15 is 0 Å². The number of amides is 1. The van der Waals surface area contributed by atoms with Crippen LogP contribution in [0, 0.1) is 5.82 Å². The number of rotatable bonds is 5. The van der Waals surface area contributed by atoms with Crippen molar-refractivity contribution in [1.29, 1.82) is 0 Å². The number of nitrogens with one attached hydrogen (secondary N) is 1. The van der Waals surface area contributed by atoms with Gasteiger partial charge in [-0.2, -0.15) is 5.10 Å². The molecule has 26 heavy (non-hydrogen) atoms. The van der Waals surface area contributed by atoms with Crippen molar-refractivity contribution in [2.24, 2.45) is 0 Å². The third-order valence-electron chi connectivity index (χ3n) is 4.08. The number of carbonyl (C=O) groups is 1. The fourth-order valence-corrected chi connectivity index (χ4v) is 3.22. The van der Waals surface area contributed by atoms with Gasteiger partial charge >= 0.3 is 0 Å². The Morgan fingerprint density at radius 2 is 1.96 bits per heavy atom. The summed E-state index contributed by atoms with van der Waals surface area (Å²) in [5.41, 5.74) is 1.66. The summed E-state index contributed by atoms with van der Waals surface area (Å²) in [5.74, 6) is -0.572. The second kappa shape index (κ2) is 7.30. The predicted octanol–water partition coefficient (Wildman–Crippen LogP) is 4.26. The number of para-hydroxylation sites is 1. The zero-order valence-electron chi connectivity index (χ0n) is 14.5. The average molecular weight is 372 g/mol. The molecular formula is C20H19ClFN3O. The van der Waals surface area contributed by atoms with Gasteiger partial charge in [0.2, 0.25) is 5.91 Å². The molecule has 0 saturated heterocycles. The lowest BCUT2D eigenvalue weighted by Gasteiger charge is -2.28. The Balaban J connectivity index is 1.70. The average Bonchev–Trinajstić information content (AvgIpc) is 3.03. The molecule has 1 heterocycles. The summed E-state index contributed by atoms with van der Waals surface area (Å²) in [5, 5.41) is 7.52. The minimum absolute atomic E-state index is 0.164. The minimum Gasteiger partial charge on any atom is -0.347 e. The molecule has 0 fully saturated rings. The molecule has 0 saturated carbocycles. The molecule has 1 N–H and O–H groups in total. The van der Waals surface area contributed by atoms with Crippen molar-refractivity contribution in [1.82, 2.24) is 15.1 Å². The second-order valence-corrected chi connectivity index (χ2v) is 7.01. The van der Waals surface area contributed by atoms with Crippen molar-refractivity contribution in [2.75, 3.05) is 0 Å². The SMILES string of the molecule is CC(C)(NC(=O)Cc1cnn(-c2ccccc2)c1)c1ccc(F)cc1Cl. The molecule has 2 aromatic carbocycles. The summed E-state index contributed by atoms with van der Waals surface area (Å²) >= 11 is 6.12. The van der Waals surface area contributed by atoms with Crippen molar-refractivity contribution in [2.45, 2.75) is 25.8 Å². The van der Waals surface area contributed by atoms with Gasteiger partial charge in [0, 0.05) is 11.2 Å². The van der Waals surface area contributed by atoms with Gasteiger partial charge in [-0.25, -0.2) is 9.07 Å². The van der Waals surface area contributed by atoms with E-state index in [0.717, 1.165) is 11.3 Å². The third kappa shape index (κ3) is 4.11. The lowest BCUT2D eigenvalue weighted by Crippen LogP contribution is -2.42. The van der Waals surface area contributed by atoms with Crippen LogP contribution in [0.15, 0.2) is 60.9 Å². The van der Waals surface area contributed by atoms with Crippen LogP contribution in [-0.2, 0) is 16.8 Å². The fraction of sp³-hybridized carbons (Fsp3) is 0.200. The summed E-state index contributed by atoms with van der Waals surface area (Å²) in [6.07, 6.45) is 3.69. The maximum Gasteiger partial charge on any atom is 0.225 e. The monoisotopic (exact) mass is 371 g/mol. The molecule has 3 aromatic rings. The standard InChI is InChI=1S/C20H19ClFN3O/c1-20(2,17-9-8-15(22)11-18(17)21)24-19(26)10-14-12-23-25(13-14)16-6-4-3-5-7-16/h3-9,11-13H,10H2,1-2H3,(H,24,26). The lowest BCUT2D eigenvalue weighted by atomic mass is 9.93. The molecule has 4 nitrogen and oxygen atoms in total. The van der Waals surface area contributed by atoms with Crippen LogP contribution in [0.2, 0.25) is 5.02 Å². The van der Waals surface area contributed by atoms with Gasteiger partial charge in [0.05, 0.1) is 23.8 Å². The smallest absolute Gasteiger partial charge is 0.225 e. The quantitative estimate of drug-likeness (QED) is 0.728. The first-order valence-electron chi connectivity index (χ1n) is 8.21. The normalized spacial score (nSPS) is 11.4. The number of carbonyl (C=O) groups excluding carboxylic acids is 1. The molecule has 0 radical (unpaired) electrons. The minimum atomic E-state index is -0.725. The summed E-state index contributed by atoms with van der Waals surface area (Å²) in [4.78, 5) is 12.5. The van der Waals surface area contributed by atoms with E-state index in [2.05, 4.69) is 10.4 Å². The first-order chi connectivity index (χ1) is 12.3. The Kier molecular flexibility index (Phi) is 5.09. The van der Waals surface area contributed by atoms with Crippen LogP contribution in [0.3, 0.4) is 0 Å². The Morgan fingerprint density at radius 1 is 1.23 bits per heavy atom. The van der Waals surface area contributed by atoms with E-state index in [1.54, 1.807) is 16.9 Å². The summed E-state index contributed by atoms with van der Waals surface area (Å²) < 4.78 is 15.0. The molecule has 3 rings (SSSR count). The molecule has 0 unspecified atom stereocenters. The van der Waals surface area contributed by atoms with E-state index in [-0.39, 0.29) is 17.4 Å². The Labute approximate surface area is 156 Å². The molecule has 0 aliphatic rings. The Bertz CT molecular complexity index is 922. The van der Waals surface area contributed by atoms with E-state index < -0.39 is 11.4 Å². The summed E-state index contributed by atoms with van der Waals surface area (Å²) in [6, 6.07) is 13.8. The van der Waals surface area contributed by atoms with E-state index in [9.17, 15) is 9.18 Å². The number of aromatic nitrogens is 2. The second-order valence-electron chi connectivity index (χ2n) is 6.60. The number of halogens is 2. The largest absolute Gasteiger partial charge is 0.347 e. The molecule has 6 heteroatoms. The van der Waals surface area contributed by atoms with Crippen LogP contribution in [0.4, 0.5) is 4.39 Å². The van der Waals surface area contributed by atoms with Gasteiger partial charge in [-0.3, -0.25) is 4.79 Å². The maximum absolute atomic E-state index is 13.2. The van der Waals surface area contributed by atoms with Crippen molar-refractivity contribution in [3.05, 3.63) is 82.9 Å². The molecule has 0 atom stereocenters. The van der Waals surface area contributed by atoms with Crippen LogP contribution in [-0.4, -0.2) is 15.7 Å². The number of nitrogens with zero attached hydrogens (tertiary/aromatic N) is 2. The van der Waals surface area contributed by atoms with Crippen LogP contribution >= 0.6 is 11.6 Å². The maximum atomic E-state index is 13.2. The molecule has 1 aromatic heterocycles. The lowest BCUT2D eigenvalue weighted by molar-refractivity contribution is -0.122. The topological polar surface area (TPSA) is 46.9 Å². The van der Waals surface area contributed by atoms with Gasteiger partial charge in [-0.1, -0.05) is 35.9 Å². The summed E-state index contributed by atoms with van der Waals surface area (Å²) in [6.45, 7) is 3.66. The number of benzene rings is 2. The highest BCUT2D eigenvalue weighted by Crippen LogP contribution is 2.28. The Hall–Kier alpha value is -2.66. The van der Waals surface area contributed by atoms with Crippen molar-refractivity contribution in [3.63, 3.8) is 0 Å². The van der Waals surface area contributed by atoms with Gasteiger partial charge < -0.3 is 5.32 Å². The van der Waals surface area contributed by atoms with Crippen LogP contribution in [0.5, 0.6) is 0 Å². The highest BCUT2D eigenvalue weighted by atomic mass is 35.5. The van der Waals surface area contributed by atoms with Gasteiger partial charge in [0.15, 0.2) is 0 Å². The molecular weight excluding hydrogens is 353 g/mol. The van der Waals surface area contributed by atoms with Gasteiger partial charge in [0.1, 0.15) is 5.82 Å². The van der Waals surface area contributed by atoms with Crippen LogP contribution in [0.25, 0.3) is 5.69 Å². The predicted molar refractivity (Wildman–Crippen MR) is 99.8 cm³/mol. The van der Waals surface area contributed by atoms with Crippen LogP contribution < -0.4 is 5.32 Å². The molecule has 1 amide bonds. The zero-order valence-corrected chi connectivity index (χ0v) is 15.3. The molecule has 0 spiro atoms. The third-order valence-corrected chi connectivity index (χ3v) is 4.39. The Morgan fingerprint density at radius 3 is 2.65 bits per heavy atom. The van der Waals surface area contributed by atoms with Crippen molar-refractivity contribution >= 4 is 17.5 Å². The van der Waals surface area contributed by atoms with Crippen LogP contribution in [0.1, 0.15) is 25.0 Å². The van der Waals surface area contributed by atoms with Gasteiger partial charge in [-0.15, -0.1) is 0 Å². The molecule has 0 aliphatic carbocycles. The molecule has 134 valence electrons.